The highest BCUT2D eigenvalue weighted by molar-refractivity contribution is 7.89. The maximum Gasteiger partial charge on any atom is 0.245 e. The Morgan fingerprint density at radius 3 is 2.62 bits per heavy atom. The van der Waals surface area contributed by atoms with Gasteiger partial charge in [-0.25, -0.2) is 8.42 Å². The number of carbonyl (C=O) groups is 2. The minimum Gasteiger partial charge on any atom is -0.373 e. The lowest BCUT2D eigenvalue weighted by Crippen LogP contribution is -2.55. The molecular formula is C26H33ClN4O5S. The van der Waals surface area contributed by atoms with Gasteiger partial charge in [0.05, 0.1) is 17.6 Å². The summed E-state index contributed by atoms with van der Waals surface area (Å²) >= 11 is 6.02. The molecular weight excluding hydrogens is 516 g/mol. The van der Waals surface area contributed by atoms with E-state index in [1.54, 1.807) is 42.2 Å². The smallest absolute Gasteiger partial charge is 0.245 e. The van der Waals surface area contributed by atoms with Gasteiger partial charge in [0.25, 0.3) is 0 Å². The Morgan fingerprint density at radius 1 is 1.11 bits per heavy atom. The SMILES string of the molecule is CC(C(=O)N1CCO[C@@H](CN2CCCC2)C1)N1CC[C@H](NS(=O)(=O)c2ccc3cc(Cl)ccc3c2)C1=O. The zero-order valence-corrected chi connectivity index (χ0v) is 22.5. The van der Waals surface area contributed by atoms with Crippen molar-refractivity contribution in [3.8, 4) is 0 Å². The van der Waals surface area contributed by atoms with E-state index < -0.39 is 22.1 Å². The summed E-state index contributed by atoms with van der Waals surface area (Å²) in [5, 5.41) is 2.13. The van der Waals surface area contributed by atoms with Crippen molar-refractivity contribution in [1.82, 2.24) is 19.4 Å². The zero-order valence-electron chi connectivity index (χ0n) is 20.9. The molecule has 2 amide bonds. The molecule has 11 heteroatoms. The van der Waals surface area contributed by atoms with E-state index in [1.165, 1.54) is 23.8 Å². The number of morpholine rings is 1. The third-order valence-corrected chi connectivity index (χ3v) is 9.26. The molecule has 3 aliphatic rings. The molecule has 0 aromatic heterocycles. The fourth-order valence-corrected chi connectivity index (χ4v) is 6.93. The first-order valence-corrected chi connectivity index (χ1v) is 14.7. The average molecular weight is 549 g/mol. The molecule has 9 nitrogen and oxygen atoms in total. The van der Waals surface area contributed by atoms with Gasteiger partial charge >= 0.3 is 0 Å². The number of nitrogens with one attached hydrogen (secondary N) is 1. The van der Waals surface area contributed by atoms with Crippen molar-refractivity contribution < 1.29 is 22.7 Å². The topological polar surface area (TPSA) is 99.3 Å². The number of likely N-dealkylation sites (tertiary alicyclic amines) is 2. The van der Waals surface area contributed by atoms with E-state index in [1.807, 2.05) is 0 Å². The Bertz CT molecular complexity index is 1280. The highest BCUT2D eigenvalue weighted by Gasteiger charge is 2.41. The minimum absolute atomic E-state index is 0.0326. The molecule has 0 spiro atoms. The third kappa shape index (κ3) is 5.78. The first kappa shape index (κ1) is 26.4. The first-order chi connectivity index (χ1) is 17.7. The fraction of sp³-hybridized carbons (Fsp3) is 0.538. The molecule has 200 valence electrons. The number of fused-ring (bicyclic) bond motifs is 1. The molecule has 3 aliphatic heterocycles. The van der Waals surface area contributed by atoms with Crippen LogP contribution >= 0.6 is 11.6 Å². The van der Waals surface area contributed by atoms with Gasteiger partial charge < -0.3 is 19.4 Å². The van der Waals surface area contributed by atoms with Crippen LogP contribution in [0.25, 0.3) is 10.8 Å². The Hall–Kier alpha value is -2.24. The summed E-state index contributed by atoms with van der Waals surface area (Å²) in [6.45, 7) is 6.45. The van der Waals surface area contributed by atoms with Crippen molar-refractivity contribution in [3.05, 3.63) is 41.4 Å². The van der Waals surface area contributed by atoms with Gasteiger partial charge in [0.2, 0.25) is 21.8 Å². The standard InChI is InChI=1S/C26H33ClN4O5S/c1-18(25(32)30-12-13-36-22(17-30)16-29-9-2-3-10-29)31-11-8-24(26(31)33)28-37(34,35)23-7-5-19-14-21(27)6-4-20(19)15-23/h4-7,14-15,18,22,24,28H,2-3,8-13,16-17H2,1H3/t18?,22-,24-/m0/s1. The Balaban J connectivity index is 1.21. The summed E-state index contributed by atoms with van der Waals surface area (Å²) < 4.78 is 34.6. The van der Waals surface area contributed by atoms with E-state index in [4.69, 9.17) is 16.3 Å². The van der Waals surface area contributed by atoms with E-state index in [2.05, 4.69) is 9.62 Å². The molecule has 1 unspecified atom stereocenters. The van der Waals surface area contributed by atoms with Crippen LogP contribution in [-0.4, -0.2) is 99.0 Å². The lowest BCUT2D eigenvalue weighted by atomic mass is 10.1. The molecule has 0 aliphatic carbocycles. The number of carbonyl (C=O) groups excluding carboxylic acids is 2. The second-order valence-corrected chi connectivity index (χ2v) is 12.3. The van der Waals surface area contributed by atoms with Crippen molar-refractivity contribution in [2.45, 2.75) is 49.3 Å². The molecule has 3 saturated heterocycles. The lowest BCUT2D eigenvalue weighted by Gasteiger charge is -2.37. The van der Waals surface area contributed by atoms with Crippen molar-refractivity contribution in [2.75, 3.05) is 45.9 Å². The zero-order chi connectivity index (χ0) is 26.2. The number of ether oxygens (including phenoxy) is 1. The van der Waals surface area contributed by atoms with Gasteiger partial charge in [0, 0.05) is 31.2 Å². The quantitative estimate of drug-likeness (QED) is 0.569. The van der Waals surface area contributed by atoms with Crippen LogP contribution in [0.15, 0.2) is 41.3 Å². The molecule has 37 heavy (non-hydrogen) atoms. The van der Waals surface area contributed by atoms with Gasteiger partial charge in [-0.1, -0.05) is 23.7 Å². The molecule has 3 atom stereocenters. The Kier molecular flexibility index (Phi) is 7.74. The molecule has 3 heterocycles. The second-order valence-electron chi connectivity index (χ2n) is 10.1. The first-order valence-electron chi connectivity index (χ1n) is 12.9. The fourth-order valence-electron chi connectivity index (χ4n) is 5.49. The number of sulfonamides is 1. The van der Waals surface area contributed by atoms with Gasteiger partial charge in [0.1, 0.15) is 12.1 Å². The summed E-state index contributed by atoms with van der Waals surface area (Å²) in [5.41, 5.74) is 0. The summed E-state index contributed by atoms with van der Waals surface area (Å²) in [7, 11) is -3.93. The number of nitrogens with zero attached hydrogens (tertiary/aromatic N) is 3. The molecule has 1 N–H and O–H groups in total. The van der Waals surface area contributed by atoms with E-state index in [-0.39, 0.29) is 22.8 Å². The summed E-state index contributed by atoms with van der Waals surface area (Å²) in [6.07, 6.45) is 2.67. The maximum atomic E-state index is 13.3. The van der Waals surface area contributed by atoms with E-state index in [0.717, 1.165) is 30.4 Å². The van der Waals surface area contributed by atoms with Crippen LogP contribution < -0.4 is 4.72 Å². The van der Waals surface area contributed by atoms with Crippen molar-refractivity contribution in [3.63, 3.8) is 0 Å². The summed E-state index contributed by atoms with van der Waals surface area (Å²) in [4.78, 5) is 32.2. The number of hydrogen-bond acceptors (Lipinski definition) is 6. The predicted molar refractivity (Wildman–Crippen MR) is 141 cm³/mol. The van der Waals surface area contributed by atoms with Crippen LogP contribution in [0.1, 0.15) is 26.2 Å². The van der Waals surface area contributed by atoms with E-state index in [9.17, 15) is 18.0 Å². The van der Waals surface area contributed by atoms with Crippen LogP contribution in [0.4, 0.5) is 0 Å². The molecule has 0 radical (unpaired) electrons. The summed E-state index contributed by atoms with van der Waals surface area (Å²) in [6, 6.07) is 8.41. The largest absolute Gasteiger partial charge is 0.373 e. The molecule has 2 aromatic carbocycles. The molecule has 5 rings (SSSR count). The highest BCUT2D eigenvalue weighted by atomic mass is 35.5. The Labute approximate surface area is 222 Å². The van der Waals surface area contributed by atoms with Crippen molar-refractivity contribution in [1.29, 1.82) is 0 Å². The van der Waals surface area contributed by atoms with Gasteiger partial charge in [-0.2, -0.15) is 4.72 Å². The number of halogens is 1. The van der Waals surface area contributed by atoms with Gasteiger partial charge in [-0.3, -0.25) is 9.59 Å². The van der Waals surface area contributed by atoms with Gasteiger partial charge in [-0.15, -0.1) is 0 Å². The van der Waals surface area contributed by atoms with E-state index >= 15 is 0 Å². The molecule has 3 fully saturated rings. The second kappa shape index (κ2) is 10.9. The maximum absolute atomic E-state index is 13.3. The van der Waals surface area contributed by atoms with Crippen LogP contribution in [-0.2, 0) is 24.3 Å². The third-order valence-electron chi connectivity index (χ3n) is 7.56. The number of hydrogen-bond donors (Lipinski definition) is 1. The van der Waals surface area contributed by atoms with Gasteiger partial charge in [0.15, 0.2) is 0 Å². The molecule has 0 saturated carbocycles. The average Bonchev–Trinajstić information content (AvgIpc) is 3.52. The lowest BCUT2D eigenvalue weighted by molar-refractivity contribution is -0.148. The predicted octanol–water partition coefficient (Wildman–Crippen LogP) is 2.08. The minimum atomic E-state index is -3.93. The van der Waals surface area contributed by atoms with Gasteiger partial charge in [-0.05, 0) is 74.3 Å². The van der Waals surface area contributed by atoms with Crippen LogP contribution in [0.5, 0.6) is 0 Å². The van der Waals surface area contributed by atoms with E-state index in [0.29, 0.717) is 37.7 Å². The van der Waals surface area contributed by atoms with Crippen LogP contribution in [0.2, 0.25) is 5.02 Å². The number of amides is 2. The molecule has 0 bridgehead atoms. The molecule has 2 aromatic rings. The monoisotopic (exact) mass is 548 g/mol. The Morgan fingerprint density at radius 2 is 1.84 bits per heavy atom. The normalized spacial score (nSPS) is 24.2. The van der Waals surface area contributed by atoms with Crippen LogP contribution in [0, 0.1) is 0 Å². The van der Waals surface area contributed by atoms with Crippen molar-refractivity contribution >= 4 is 44.2 Å². The number of benzene rings is 2. The number of rotatable bonds is 7. The van der Waals surface area contributed by atoms with Crippen LogP contribution in [0.3, 0.4) is 0 Å². The highest BCUT2D eigenvalue weighted by Crippen LogP contribution is 2.24. The summed E-state index contributed by atoms with van der Waals surface area (Å²) in [5.74, 6) is -0.501. The van der Waals surface area contributed by atoms with Crippen molar-refractivity contribution in [2.24, 2.45) is 0 Å².